The monoisotopic (exact) mass is 299 g/mol. The van der Waals surface area contributed by atoms with Gasteiger partial charge in [-0.05, 0) is 62.6 Å². The van der Waals surface area contributed by atoms with Crippen LogP contribution >= 0.6 is 11.8 Å². The van der Waals surface area contributed by atoms with Crippen molar-refractivity contribution in [2.24, 2.45) is 0 Å². The van der Waals surface area contributed by atoms with Crippen LogP contribution in [0.1, 0.15) is 38.7 Å². The molecule has 1 N–H and O–H groups in total. The molecule has 2 rings (SSSR count). The number of halogens is 2. The summed E-state index contributed by atoms with van der Waals surface area (Å²) in [6, 6.07) is 4.10. The van der Waals surface area contributed by atoms with Crippen molar-refractivity contribution in [1.29, 1.82) is 0 Å². The highest BCUT2D eigenvalue weighted by molar-refractivity contribution is 8.00. The SMILES string of the molecule is CCCNC(Cc1cc(F)cc(F)c1)C1(C)CCCS1. The molecule has 0 spiro atoms. The molecule has 0 radical (unpaired) electrons. The van der Waals surface area contributed by atoms with Crippen molar-refractivity contribution in [2.75, 3.05) is 12.3 Å². The molecule has 2 unspecified atom stereocenters. The highest BCUT2D eigenvalue weighted by Gasteiger charge is 2.37. The van der Waals surface area contributed by atoms with Crippen LogP contribution in [0.2, 0.25) is 0 Å². The molecule has 20 heavy (non-hydrogen) atoms. The Morgan fingerprint density at radius 1 is 1.30 bits per heavy atom. The van der Waals surface area contributed by atoms with Gasteiger partial charge in [0.25, 0.3) is 0 Å². The lowest BCUT2D eigenvalue weighted by molar-refractivity contribution is 0.398. The predicted octanol–water partition coefficient (Wildman–Crippen LogP) is 4.16. The molecule has 1 aromatic carbocycles. The van der Waals surface area contributed by atoms with Crippen LogP contribution in [0.4, 0.5) is 8.78 Å². The fraction of sp³-hybridized carbons (Fsp3) is 0.625. The van der Waals surface area contributed by atoms with Gasteiger partial charge in [-0.25, -0.2) is 8.78 Å². The van der Waals surface area contributed by atoms with Gasteiger partial charge in [0.15, 0.2) is 0 Å². The van der Waals surface area contributed by atoms with Gasteiger partial charge in [-0.1, -0.05) is 6.92 Å². The molecule has 1 heterocycles. The minimum Gasteiger partial charge on any atom is -0.312 e. The Bertz CT molecular complexity index is 424. The third-order valence-electron chi connectivity index (χ3n) is 3.99. The van der Waals surface area contributed by atoms with Crippen molar-refractivity contribution in [3.63, 3.8) is 0 Å². The van der Waals surface area contributed by atoms with Crippen LogP contribution in [0.15, 0.2) is 18.2 Å². The molecule has 1 fully saturated rings. The summed E-state index contributed by atoms with van der Waals surface area (Å²) in [5.74, 6) is 0.204. The highest BCUT2D eigenvalue weighted by Crippen LogP contribution is 2.41. The van der Waals surface area contributed by atoms with E-state index in [2.05, 4.69) is 19.2 Å². The van der Waals surface area contributed by atoms with E-state index in [1.807, 2.05) is 11.8 Å². The second-order valence-electron chi connectivity index (χ2n) is 5.75. The number of hydrogen-bond donors (Lipinski definition) is 1. The zero-order valence-electron chi connectivity index (χ0n) is 12.2. The average molecular weight is 299 g/mol. The van der Waals surface area contributed by atoms with Gasteiger partial charge >= 0.3 is 0 Å². The number of thioether (sulfide) groups is 1. The number of benzene rings is 1. The maximum Gasteiger partial charge on any atom is 0.126 e. The van der Waals surface area contributed by atoms with E-state index in [1.165, 1.54) is 24.3 Å². The molecule has 0 aromatic heterocycles. The Morgan fingerprint density at radius 3 is 2.55 bits per heavy atom. The van der Waals surface area contributed by atoms with Crippen molar-refractivity contribution in [1.82, 2.24) is 5.32 Å². The normalized spacial score (nSPS) is 24.0. The smallest absolute Gasteiger partial charge is 0.126 e. The van der Waals surface area contributed by atoms with Crippen LogP contribution < -0.4 is 5.32 Å². The topological polar surface area (TPSA) is 12.0 Å². The Hall–Kier alpha value is -0.610. The van der Waals surface area contributed by atoms with E-state index < -0.39 is 11.6 Å². The maximum absolute atomic E-state index is 13.3. The summed E-state index contributed by atoms with van der Waals surface area (Å²) in [7, 11) is 0. The van der Waals surface area contributed by atoms with E-state index >= 15 is 0 Å². The zero-order chi connectivity index (χ0) is 14.6. The Balaban J connectivity index is 2.14. The Morgan fingerprint density at radius 2 is 2.00 bits per heavy atom. The minimum absolute atomic E-state index is 0.165. The molecule has 1 aromatic rings. The third kappa shape index (κ3) is 3.95. The number of rotatable bonds is 6. The third-order valence-corrected chi connectivity index (χ3v) is 5.63. The predicted molar refractivity (Wildman–Crippen MR) is 82.2 cm³/mol. The summed E-state index contributed by atoms with van der Waals surface area (Å²) in [6.45, 7) is 5.35. The van der Waals surface area contributed by atoms with E-state index in [0.29, 0.717) is 6.42 Å². The second kappa shape index (κ2) is 6.90. The summed E-state index contributed by atoms with van der Waals surface area (Å²) >= 11 is 1.98. The Labute approximate surface area is 124 Å². The molecule has 1 saturated heterocycles. The minimum atomic E-state index is -0.488. The van der Waals surface area contributed by atoms with Crippen molar-refractivity contribution in [3.8, 4) is 0 Å². The summed E-state index contributed by atoms with van der Waals surface area (Å²) in [4.78, 5) is 0. The summed E-state index contributed by atoms with van der Waals surface area (Å²) in [6.07, 6.45) is 4.13. The molecule has 1 aliphatic rings. The lowest BCUT2D eigenvalue weighted by Gasteiger charge is -2.34. The first-order valence-corrected chi connectivity index (χ1v) is 8.34. The molecule has 4 heteroatoms. The lowest BCUT2D eigenvalue weighted by Crippen LogP contribution is -2.47. The Kier molecular flexibility index (Phi) is 5.44. The van der Waals surface area contributed by atoms with Gasteiger partial charge in [0.2, 0.25) is 0 Å². The van der Waals surface area contributed by atoms with Crippen molar-refractivity contribution in [2.45, 2.75) is 50.3 Å². The highest BCUT2D eigenvalue weighted by atomic mass is 32.2. The van der Waals surface area contributed by atoms with Gasteiger partial charge in [-0.2, -0.15) is 11.8 Å². The fourth-order valence-electron chi connectivity index (χ4n) is 2.86. The fourth-order valence-corrected chi connectivity index (χ4v) is 4.27. The van der Waals surface area contributed by atoms with Crippen LogP contribution in [0.5, 0.6) is 0 Å². The van der Waals surface area contributed by atoms with E-state index in [0.717, 1.165) is 31.0 Å². The molecule has 1 nitrogen and oxygen atoms in total. The summed E-state index contributed by atoms with van der Waals surface area (Å²) in [5.41, 5.74) is 0.741. The van der Waals surface area contributed by atoms with Crippen LogP contribution in [0, 0.1) is 11.6 Å². The molecule has 0 amide bonds. The molecule has 0 bridgehead atoms. The van der Waals surface area contributed by atoms with Gasteiger partial charge in [0, 0.05) is 16.9 Å². The molecule has 112 valence electrons. The summed E-state index contributed by atoms with van der Waals surface area (Å²) in [5, 5.41) is 3.57. The number of nitrogens with one attached hydrogen (secondary N) is 1. The van der Waals surface area contributed by atoms with Crippen LogP contribution in [0.25, 0.3) is 0 Å². The van der Waals surface area contributed by atoms with Crippen molar-refractivity contribution >= 4 is 11.8 Å². The van der Waals surface area contributed by atoms with Gasteiger partial charge in [0.05, 0.1) is 0 Å². The molecular formula is C16H23F2NS. The van der Waals surface area contributed by atoms with Crippen LogP contribution in [-0.2, 0) is 6.42 Å². The molecular weight excluding hydrogens is 276 g/mol. The molecule has 0 aliphatic carbocycles. The van der Waals surface area contributed by atoms with E-state index in [9.17, 15) is 8.78 Å². The first kappa shape index (κ1) is 15.8. The van der Waals surface area contributed by atoms with Gasteiger partial charge in [-0.3, -0.25) is 0 Å². The van der Waals surface area contributed by atoms with E-state index in [4.69, 9.17) is 0 Å². The largest absolute Gasteiger partial charge is 0.312 e. The van der Waals surface area contributed by atoms with Crippen LogP contribution in [-0.4, -0.2) is 23.1 Å². The van der Waals surface area contributed by atoms with E-state index in [-0.39, 0.29) is 10.8 Å². The average Bonchev–Trinajstić information content (AvgIpc) is 2.81. The van der Waals surface area contributed by atoms with Gasteiger partial charge in [-0.15, -0.1) is 0 Å². The summed E-state index contributed by atoms with van der Waals surface area (Å²) < 4.78 is 26.8. The second-order valence-corrected chi connectivity index (χ2v) is 7.38. The first-order valence-electron chi connectivity index (χ1n) is 7.36. The number of hydrogen-bond acceptors (Lipinski definition) is 2. The van der Waals surface area contributed by atoms with Gasteiger partial charge in [0.1, 0.15) is 11.6 Å². The lowest BCUT2D eigenvalue weighted by atomic mass is 9.90. The molecule has 2 atom stereocenters. The molecule has 0 saturated carbocycles. The zero-order valence-corrected chi connectivity index (χ0v) is 13.0. The molecule has 1 aliphatic heterocycles. The first-order chi connectivity index (χ1) is 9.53. The maximum atomic E-state index is 13.3. The van der Waals surface area contributed by atoms with E-state index in [1.54, 1.807) is 0 Å². The van der Waals surface area contributed by atoms with Crippen LogP contribution in [0.3, 0.4) is 0 Å². The van der Waals surface area contributed by atoms with Crippen molar-refractivity contribution in [3.05, 3.63) is 35.4 Å². The standard InChI is InChI=1S/C16H23F2NS/c1-3-6-19-15(16(2)5-4-7-20-16)10-12-8-13(17)11-14(18)9-12/h8-9,11,15,19H,3-7,10H2,1-2H3. The van der Waals surface area contributed by atoms with Gasteiger partial charge < -0.3 is 5.32 Å². The van der Waals surface area contributed by atoms with Crippen molar-refractivity contribution < 1.29 is 8.78 Å². The quantitative estimate of drug-likeness (QED) is 0.846.